The van der Waals surface area contributed by atoms with Gasteiger partial charge in [-0.05, 0) is 49.2 Å². The van der Waals surface area contributed by atoms with E-state index in [1.165, 1.54) is 12.0 Å². The van der Waals surface area contributed by atoms with Crippen LogP contribution in [0.3, 0.4) is 0 Å². The Hall–Kier alpha value is -3.59. The zero-order valence-electron chi connectivity index (χ0n) is 32.8. The number of hydrogen-bond donors (Lipinski definition) is 3. The number of nitrogens with zero attached hydrogens (tertiary/aromatic N) is 3. The fraction of sp³-hybridized carbons (Fsp3) is 0.610. The SMILES string of the molecule is COc1cc(OC)cc(N2CCN(CC(C)[C@@H]3CC[C@@H](C)[C@@]4(O)[C@@H]3C=C(C)[C@@H](OC(C)=O)[C@@H]4OC(=O)[C@@H]3C[C@@]4(O)c5cccc(Cl)c5N(C)O[C@H]4N3)CC2)c1. The lowest BCUT2D eigenvalue weighted by atomic mass is 9.55. The number of methoxy groups -OCH3 is 2. The van der Waals surface area contributed by atoms with E-state index in [4.69, 9.17) is 35.4 Å². The minimum atomic E-state index is -1.57. The van der Waals surface area contributed by atoms with E-state index in [-0.39, 0.29) is 30.1 Å². The number of para-hydroxylation sites is 1. The molecule has 0 bridgehead atoms. The molecule has 1 unspecified atom stereocenters. The Balaban J connectivity index is 1.09. The summed E-state index contributed by atoms with van der Waals surface area (Å²) in [6, 6.07) is 10.2. The third kappa shape index (κ3) is 7.16. The summed E-state index contributed by atoms with van der Waals surface area (Å²) in [4.78, 5) is 37.5. The number of ether oxygens (including phenoxy) is 4. The first kappa shape index (κ1) is 39.6. The quantitative estimate of drug-likeness (QED) is 0.247. The fourth-order valence-electron chi connectivity index (χ4n) is 9.87. The van der Waals surface area contributed by atoms with Crippen LogP contribution in [0, 0.1) is 23.7 Å². The van der Waals surface area contributed by atoms with E-state index in [0.717, 1.165) is 61.9 Å². The first-order valence-corrected chi connectivity index (χ1v) is 19.7. The number of hydrogen-bond acceptors (Lipinski definition) is 13. The molecule has 14 heteroatoms. The van der Waals surface area contributed by atoms with E-state index >= 15 is 0 Å². The summed E-state index contributed by atoms with van der Waals surface area (Å²) in [6.07, 6.45) is 0.516. The van der Waals surface area contributed by atoms with Crippen molar-refractivity contribution in [1.29, 1.82) is 0 Å². The molecule has 3 aliphatic heterocycles. The molecule has 3 heterocycles. The highest BCUT2D eigenvalue weighted by molar-refractivity contribution is 6.33. The maximum atomic E-state index is 14.2. The Morgan fingerprint density at radius 2 is 1.75 bits per heavy atom. The zero-order valence-corrected chi connectivity index (χ0v) is 33.5. The van der Waals surface area contributed by atoms with Gasteiger partial charge in [0.1, 0.15) is 28.7 Å². The molecule has 0 amide bonds. The Kier molecular flexibility index (Phi) is 11.1. The van der Waals surface area contributed by atoms with Crippen molar-refractivity contribution in [1.82, 2.24) is 10.2 Å². The Labute approximate surface area is 328 Å². The average molecular weight is 783 g/mol. The standard InChI is InChI=1S/C41H55ClN4O9/c1-23-17-32-30(24(2)22-45-13-15-46(16-14-45)27-18-28(51-6)20-29(19-27)52-7)12-11-25(3)41(32,50)37(36(23)53-26(4)47)54-38(48)34-21-40(49)31-9-8-10-33(42)35(31)44(5)55-39(40)43-34/h8-10,17-20,24-25,30,32,34,36-37,39,43,49-50H,11-16,21-22H2,1-7H3/t24?,25-,30+,32-,34+,36-,37+,39-,40-,41-/m1/s1. The van der Waals surface area contributed by atoms with Gasteiger partial charge in [-0.1, -0.05) is 43.7 Å². The molecule has 2 aliphatic carbocycles. The lowest BCUT2D eigenvalue weighted by Crippen LogP contribution is -2.66. The van der Waals surface area contributed by atoms with Crippen LogP contribution in [0.25, 0.3) is 0 Å². The van der Waals surface area contributed by atoms with Gasteiger partial charge in [0.2, 0.25) is 0 Å². The predicted octanol–water partition coefficient (Wildman–Crippen LogP) is 4.27. The molecule has 300 valence electrons. The smallest absolute Gasteiger partial charge is 0.323 e. The number of carbonyl (C=O) groups is 2. The van der Waals surface area contributed by atoms with Gasteiger partial charge >= 0.3 is 11.9 Å². The summed E-state index contributed by atoms with van der Waals surface area (Å²) in [5.74, 6) is -0.0288. The van der Waals surface area contributed by atoms with E-state index in [0.29, 0.717) is 22.7 Å². The molecule has 2 aromatic rings. The van der Waals surface area contributed by atoms with Crippen molar-refractivity contribution >= 4 is 34.9 Å². The lowest BCUT2D eigenvalue weighted by Gasteiger charge is -2.56. The summed E-state index contributed by atoms with van der Waals surface area (Å²) in [7, 11) is 5.00. The number of hydroxylamine groups is 1. The summed E-state index contributed by atoms with van der Waals surface area (Å²) < 4.78 is 23.2. The van der Waals surface area contributed by atoms with E-state index in [9.17, 15) is 19.8 Å². The normalized spacial score (nSPS) is 33.8. The molecule has 0 spiro atoms. The first-order valence-electron chi connectivity index (χ1n) is 19.3. The van der Waals surface area contributed by atoms with Gasteiger partial charge in [-0.3, -0.25) is 29.7 Å². The van der Waals surface area contributed by atoms with Crippen molar-refractivity contribution in [3.63, 3.8) is 0 Å². The van der Waals surface area contributed by atoms with Crippen LogP contribution >= 0.6 is 11.6 Å². The van der Waals surface area contributed by atoms with Gasteiger partial charge in [-0.25, -0.2) is 0 Å². The molecular formula is C41H55ClN4O9. The summed E-state index contributed by atoms with van der Waals surface area (Å²) in [5.41, 5.74) is -0.232. The Morgan fingerprint density at radius 3 is 2.40 bits per heavy atom. The second kappa shape index (κ2) is 15.4. The van der Waals surface area contributed by atoms with Crippen LogP contribution < -0.4 is 24.8 Å². The van der Waals surface area contributed by atoms with Crippen molar-refractivity contribution in [2.24, 2.45) is 23.7 Å². The van der Waals surface area contributed by atoms with Crippen molar-refractivity contribution in [2.75, 3.05) is 64.0 Å². The largest absolute Gasteiger partial charge is 0.497 e. The molecule has 3 N–H and O–H groups in total. The number of halogens is 1. The van der Waals surface area contributed by atoms with E-state index in [1.807, 2.05) is 32.0 Å². The van der Waals surface area contributed by atoms with Gasteiger partial charge in [0.05, 0.1) is 24.9 Å². The minimum Gasteiger partial charge on any atom is -0.497 e. The number of fused-ring (bicyclic) bond motifs is 4. The number of carbonyl (C=O) groups excluding carboxylic acids is 2. The van der Waals surface area contributed by atoms with Crippen LogP contribution in [-0.2, 0) is 29.5 Å². The number of piperazine rings is 1. The van der Waals surface area contributed by atoms with Gasteiger partial charge in [-0.15, -0.1) is 0 Å². The molecule has 1 saturated carbocycles. The molecule has 0 aromatic heterocycles. The summed E-state index contributed by atoms with van der Waals surface area (Å²) in [5, 5.41) is 29.9. The number of benzene rings is 2. The minimum absolute atomic E-state index is 0.0485. The number of nitrogens with one attached hydrogen (secondary N) is 1. The molecule has 2 aromatic carbocycles. The molecule has 2 saturated heterocycles. The van der Waals surface area contributed by atoms with E-state index in [1.54, 1.807) is 39.5 Å². The van der Waals surface area contributed by atoms with Crippen molar-refractivity contribution in [3.8, 4) is 11.5 Å². The molecular weight excluding hydrogens is 728 g/mol. The number of aliphatic hydroxyl groups is 2. The number of esters is 2. The molecule has 0 radical (unpaired) electrons. The van der Waals surface area contributed by atoms with Gasteiger partial charge in [0.15, 0.2) is 18.4 Å². The number of rotatable bonds is 9. The summed E-state index contributed by atoms with van der Waals surface area (Å²) >= 11 is 6.49. The third-order valence-corrected chi connectivity index (χ3v) is 13.1. The predicted molar refractivity (Wildman–Crippen MR) is 207 cm³/mol. The molecule has 55 heavy (non-hydrogen) atoms. The van der Waals surface area contributed by atoms with Gasteiger partial charge in [0.25, 0.3) is 0 Å². The fourth-order valence-corrected chi connectivity index (χ4v) is 10.2. The van der Waals surface area contributed by atoms with Crippen molar-refractivity contribution in [3.05, 3.63) is 58.6 Å². The topological polar surface area (TPSA) is 142 Å². The third-order valence-electron chi connectivity index (χ3n) is 12.8. The van der Waals surface area contributed by atoms with Crippen molar-refractivity contribution < 1.29 is 43.6 Å². The Bertz CT molecular complexity index is 1780. The van der Waals surface area contributed by atoms with E-state index < -0.39 is 47.6 Å². The van der Waals surface area contributed by atoms with Gasteiger partial charge in [-0.2, -0.15) is 0 Å². The second-order valence-electron chi connectivity index (χ2n) is 16.2. The number of anilines is 2. The average Bonchev–Trinajstić information content (AvgIpc) is 3.51. The van der Waals surface area contributed by atoms with Gasteiger partial charge in [0, 0.05) is 88.5 Å². The van der Waals surface area contributed by atoms with Crippen molar-refractivity contribution in [2.45, 2.75) is 82.6 Å². The lowest BCUT2D eigenvalue weighted by molar-refractivity contribution is -0.225. The molecule has 10 atom stereocenters. The highest BCUT2D eigenvalue weighted by atomic mass is 35.5. The molecule has 13 nitrogen and oxygen atoms in total. The van der Waals surface area contributed by atoms with Crippen LogP contribution in [0.5, 0.6) is 11.5 Å². The first-order chi connectivity index (χ1) is 26.2. The highest BCUT2D eigenvalue weighted by Gasteiger charge is 2.62. The van der Waals surface area contributed by atoms with Crippen LogP contribution in [0.1, 0.15) is 52.5 Å². The molecule has 5 aliphatic rings. The van der Waals surface area contributed by atoms with Crippen LogP contribution in [0.15, 0.2) is 48.0 Å². The zero-order chi connectivity index (χ0) is 39.4. The maximum Gasteiger partial charge on any atom is 0.323 e. The summed E-state index contributed by atoms with van der Waals surface area (Å²) in [6.45, 7) is 11.7. The maximum absolute atomic E-state index is 14.2. The molecule has 3 fully saturated rings. The van der Waals surface area contributed by atoms with Gasteiger partial charge < -0.3 is 34.1 Å². The van der Waals surface area contributed by atoms with E-state index in [2.05, 4.69) is 28.1 Å². The van der Waals surface area contributed by atoms with Crippen LogP contribution in [0.2, 0.25) is 5.02 Å². The molecule has 7 rings (SSSR count). The second-order valence-corrected chi connectivity index (χ2v) is 16.6. The highest BCUT2D eigenvalue weighted by Crippen LogP contribution is 2.53. The Morgan fingerprint density at radius 1 is 1.05 bits per heavy atom. The van der Waals surface area contributed by atoms with Crippen LogP contribution in [0.4, 0.5) is 11.4 Å². The monoisotopic (exact) mass is 782 g/mol. The van der Waals surface area contributed by atoms with Crippen LogP contribution in [-0.4, -0.2) is 111 Å².